The zero-order chi connectivity index (χ0) is 19.1. The molecule has 0 saturated carbocycles. The average molecular weight is 406 g/mol. The predicted molar refractivity (Wildman–Crippen MR) is 97.5 cm³/mol. The topological polar surface area (TPSA) is 90.0 Å². The fraction of sp³-hybridized carbons (Fsp3) is 0.625. The van der Waals surface area contributed by atoms with Crippen molar-refractivity contribution >= 4 is 28.8 Å². The van der Waals surface area contributed by atoms with Crippen molar-refractivity contribution in [3.8, 4) is 5.88 Å². The van der Waals surface area contributed by atoms with Gasteiger partial charge in [-0.25, -0.2) is 9.19 Å². The standard InChI is InChI=1S/C16H24ClN3O5S/c1-11(2)15(16(21)23-3)19-26(22)25-20-8-6-13(7-9-20)24-14-5-4-12(17)10-18-14/h4-5,10-11,13,15,19H,6-9H2,1-3H3. The molecule has 0 bridgehead atoms. The lowest BCUT2D eigenvalue weighted by Crippen LogP contribution is -2.46. The minimum atomic E-state index is -1.83. The highest BCUT2D eigenvalue weighted by Gasteiger charge is 2.28. The van der Waals surface area contributed by atoms with Crippen LogP contribution in [0.5, 0.6) is 5.88 Å². The molecule has 10 heteroatoms. The number of nitrogens with zero attached hydrogens (tertiary/aromatic N) is 2. The zero-order valence-corrected chi connectivity index (χ0v) is 16.6. The lowest BCUT2D eigenvalue weighted by Gasteiger charge is -2.30. The van der Waals surface area contributed by atoms with E-state index >= 15 is 0 Å². The van der Waals surface area contributed by atoms with Crippen molar-refractivity contribution < 1.29 is 22.8 Å². The summed E-state index contributed by atoms with van der Waals surface area (Å²) >= 11 is 3.97. The quantitative estimate of drug-likeness (QED) is 0.660. The van der Waals surface area contributed by atoms with E-state index in [0.29, 0.717) is 36.8 Å². The molecule has 2 rings (SSSR count). The summed E-state index contributed by atoms with van der Waals surface area (Å²) in [6.45, 7) is 4.77. The maximum absolute atomic E-state index is 12.1. The SMILES string of the molecule is COC(=O)C(NS(=O)ON1CCC(Oc2ccc(Cl)cn2)CC1)C(C)C. The van der Waals surface area contributed by atoms with Crippen molar-refractivity contribution in [2.24, 2.45) is 5.92 Å². The number of carbonyl (C=O) groups is 1. The summed E-state index contributed by atoms with van der Waals surface area (Å²) in [5, 5.41) is 2.16. The molecule has 0 spiro atoms. The fourth-order valence-corrected chi connectivity index (χ4v) is 3.50. The van der Waals surface area contributed by atoms with Crippen molar-refractivity contribution in [3.05, 3.63) is 23.4 Å². The Hall–Kier alpha value is -1.26. The van der Waals surface area contributed by atoms with Gasteiger partial charge in [0.25, 0.3) is 11.3 Å². The van der Waals surface area contributed by atoms with E-state index in [1.54, 1.807) is 17.2 Å². The number of halogens is 1. The van der Waals surface area contributed by atoms with Crippen LogP contribution in [0.3, 0.4) is 0 Å². The van der Waals surface area contributed by atoms with Crippen LogP contribution in [0.2, 0.25) is 5.02 Å². The molecule has 1 saturated heterocycles. The molecule has 1 aliphatic heterocycles. The number of esters is 1. The minimum Gasteiger partial charge on any atom is -0.474 e. The number of hydrogen-bond acceptors (Lipinski definition) is 7. The van der Waals surface area contributed by atoms with E-state index in [0.717, 1.165) is 0 Å². The molecular formula is C16H24ClN3O5S. The highest BCUT2D eigenvalue weighted by molar-refractivity contribution is 7.78. The van der Waals surface area contributed by atoms with Gasteiger partial charge in [0, 0.05) is 25.4 Å². The third-order valence-corrected chi connectivity index (χ3v) is 4.92. The number of rotatable bonds is 8. The molecular weight excluding hydrogens is 382 g/mol. The van der Waals surface area contributed by atoms with Gasteiger partial charge in [-0.15, -0.1) is 0 Å². The number of pyridine rings is 1. The van der Waals surface area contributed by atoms with Crippen LogP contribution in [0, 0.1) is 5.92 Å². The smallest absolute Gasteiger partial charge is 0.324 e. The first-order chi connectivity index (χ1) is 12.4. The first-order valence-corrected chi connectivity index (χ1v) is 9.81. The van der Waals surface area contributed by atoms with Gasteiger partial charge in [0.2, 0.25) is 5.88 Å². The van der Waals surface area contributed by atoms with Gasteiger partial charge in [0.05, 0.1) is 12.1 Å². The molecule has 2 atom stereocenters. The van der Waals surface area contributed by atoms with Crippen molar-refractivity contribution in [2.75, 3.05) is 20.2 Å². The van der Waals surface area contributed by atoms with Gasteiger partial charge in [-0.1, -0.05) is 25.4 Å². The highest BCUT2D eigenvalue weighted by Crippen LogP contribution is 2.19. The van der Waals surface area contributed by atoms with E-state index in [2.05, 4.69) is 9.71 Å². The van der Waals surface area contributed by atoms with E-state index in [4.69, 9.17) is 25.4 Å². The van der Waals surface area contributed by atoms with Crippen molar-refractivity contribution in [2.45, 2.75) is 38.8 Å². The van der Waals surface area contributed by atoms with Gasteiger partial charge < -0.3 is 9.47 Å². The normalized spacial score (nSPS) is 18.5. The van der Waals surface area contributed by atoms with Crippen LogP contribution in [0.4, 0.5) is 0 Å². The summed E-state index contributed by atoms with van der Waals surface area (Å²) in [5.74, 6) is -0.0302. The van der Waals surface area contributed by atoms with Crippen LogP contribution in [0.25, 0.3) is 0 Å². The second-order valence-electron chi connectivity index (χ2n) is 6.23. The summed E-state index contributed by atoms with van der Waals surface area (Å²) in [5.41, 5.74) is 0. The third kappa shape index (κ3) is 6.48. The molecule has 0 radical (unpaired) electrons. The summed E-state index contributed by atoms with van der Waals surface area (Å²) in [6.07, 6.45) is 2.94. The molecule has 8 nitrogen and oxygen atoms in total. The minimum absolute atomic E-state index is 0.00315. The van der Waals surface area contributed by atoms with E-state index in [9.17, 15) is 9.00 Å². The fourth-order valence-electron chi connectivity index (χ4n) is 2.43. The van der Waals surface area contributed by atoms with Crippen LogP contribution < -0.4 is 9.46 Å². The van der Waals surface area contributed by atoms with E-state index in [-0.39, 0.29) is 12.0 Å². The molecule has 1 aliphatic rings. The van der Waals surface area contributed by atoms with Crippen LogP contribution >= 0.6 is 11.6 Å². The molecule has 2 unspecified atom stereocenters. The number of hydroxylamine groups is 2. The first-order valence-electron chi connectivity index (χ1n) is 8.36. The van der Waals surface area contributed by atoms with Crippen molar-refractivity contribution in [3.63, 3.8) is 0 Å². The summed E-state index contributed by atoms with van der Waals surface area (Å²) in [7, 11) is 1.30. The molecule has 26 heavy (non-hydrogen) atoms. The maximum atomic E-state index is 12.1. The Morgan fingerprint density at radius 3 is 2.62 bits per heavy atom. The monoisotopic (exact) mass is 405 g/mol. The summed E-state index contributed by atoms with van der Waals surface area (Å²) in [6, 6.07) is 2.75. The number of ether oxygens (including phenoxy) is 2. The van der Waals surface area contributed by atoms with Crippen LogP contribution in [-0.2, 0) is 25.1 Å². The molecule has 0 aromatic carbocycles. The second-order valence-corrected chi connectivity index (χ2v) is 7.52. The maximum Gasteiger partial charge on any atom is 0.324 e. The summed E-state index contributed by atoms with van der Waals surface area (Å²) in [4.78, 5) is 15.8. The number of piperidine rings is 1. The molecule has 0 amide bonds. The summed E-state index contributed by atoms with van der Waals surface area (Å²) < 4.78 is 30.7. The Morgan fingerprint density at radius 1 is 1.38 bits per heavy atom. The first kappa shape index (κ1) is 21.0. The zero-order valence-electron chi connectivity index (χ0n) is 15.0. The third-order valence-electron chi connectivity index (χ3n) is 3.91. The van der Waals surface area contributed by atoms with E-state index in [1.807, 2.05) is 13.8 Å². The Kier molecular flexibility index (Phi) is 8.23. The Balaban J connectivity index is 1.76. The number of nitrogens with one attached hydrogen (secondary N) is 1. The largest absolute Gasteiger partial charge is 0.474 e. The van der Waals surface area contributed by atoms with Crippen LogP contribution in [0.15, 0.2) is 18.3 Å². The molecule has 1 aromatic heterocycles. The molecule has 0 aliphatic carbocycles. The predicted octanol–water partition coefficient (Wildman–Crippen LogP) is 1.88. The molecule has 1 fully saturated rings. The molecule has 2 heterocycles. The number of hydrogen-bond donors (Lipinski definition) is 1. The van der Waals surface area contributed by atoms with Crippen molar-refractivity contribution in [1.82, 2.24) is 14.8 Å². The van der Waals surface area contributed by atoms with Crippen LogP contribution in [0.1, 0.15) is 26.7 Å². The lowest BCUT2D eigenvalue weighted by atomic mass is 10.1. The van der Waals surface area contributed by atoms with Gasteiger partial charge in [0.15, 0.2) is 0 Å². The van der Waals surface area contributed by atoms with Gasteiger partial charge in [-0.05, 0) is 24.8 Å². The molecule has 146 valence electrons. The molecule has 1 aromatic rings. The number of methoxy groups -OCH3 is 1. The second kappa shape index (κ2) is 10.2. The van der Waals surface area contributed by atoms with Gasteiger partial charge in [0.1, 0.15) is 12.1 Å². The number of carbonyl (C=O) groups excluding carboxylic acids is 1. The Labute approximate surface area is 160 Å². The van der Waals surface area contributed by atoms with Crippen molar-refractivity contribution in [1.29, 1.82) is 0 Å². The van der Waals surface area contributed by atoms with E-state index in [1.165, 1.54) is 13.3 Å². The highest BCUT2D eigenvalue weighted by atomic mass is 35.5. The van der Waals surface area contributed by atoms with E-state index < -0.39 is 23.3 Å². The van der Waals surface area contributed by atoms with Gasteiger partial charge >= 0.3 is 5.97 Å². The van der Waals surface area contributed by atoms with Gasteiger partial charge in [-0.2, -0.15) is 14.1 Å². The average Bonchev–Trinajstić information content (AvgIpc) is 2.62. The lowest BCUT2D eigenvalue weighted by molar-refractivity contribution is -0.143. The number of aromatic nitrogens is 1. The Bertz CT molecular complexity index is 608. The van der Waals surface area contributed by atoms with Crippen LogP contribution in [-0.4, -0.2) is 52.6 Å². The Morgan fingerprint density at radius 2 is 2.08 bits per heavy atom. The van der Waals surface area contributed by atoms with Gasteiger partial charge in [-0.3, -0.25) is 4.79 Å². The molecule has 1 N–H and O–H groups in total.